The van der Waals surface area contributed by atoms with E-state index in [1.807, 2.05) is 17.0 Å². The Labute approximate surface area is 177 Å². The number of aliphatic hydroxyl groups is 1. The third kappa shape index (κ3) is 3.21. The number of fused-ring (bicyclic) bond motifs is 1. The second-order valence-electron chi connectivity index (χ2n) is 8.09. The highest BCUT2D eigenvalue weighted by atomic mass is 19.1. The van der Waals surface area contributed by atoms with Gasteiger partial charge in [-0.05, 0) is 31.5 Å². The molecule has 0 unspecified atom stereocenters. The summed E-state index contributed by atoms with van der Waals surface area (Å²) in [6.45, 7) is 3.14. The predicted molar refractivity (Wildman–Crippen MR) is 110 cm³/mol. The van der Waals surface area contributed by atoms with E-state index in [9.17, 15) is 19.6 Å². The molecule has 1 aromatic carbocycles. The van der Waals surface area contributed by atoms with Gasteiger partial charge in [0.2, 0.25) is 0 Å². The minimum Gasteiger partial charge on any atom is -0.388 e. The number of rotatable bonds is 3. The number of anilines is 1. The summed E-state index contributed by atoms with van der Waals surface area (Å²) in [5, 5.41) is 27.0. The number of β-amino-alcohol motifs (C(OH)–C–C–N with tert-alkyl or cyclic N) is 1. The fourth-order valence-electron chi connectivity index (χ4n) is 4.15. The molecule has 5 rings (SSSR count). The number of carbonyl (C=O) groups is 1. The standard InChI is InChI=1S/C22H19FN6O2/c1-22(31)6-8-28(12-22)18-5-7-29(27-18)17-9-15(26-16-11-25-21(30)20(16)17)19-13(10-24)3-2-4-14(19)23/h2-5,7,9,31H,6,8,11-12H2,1H3,(H,25,30)/t22-/m0/s1. The first-order valence-corrected chi connectivity index (χ1v) is 9.91. The molecule has 0 spiro atoms. The average Bonchev–Trinajstić information content (AvgIpc) is 3.46. The van der Waals surface area contributed by atoms with Crippen LogP contribution in [0.5, 0.6) is 0 Å². The first-order valence-electron chi connectivity index (χ1n) is 9.91. The first-order chi connectivity index (χ1) is 14.9. The number of hydrogen-bond donors (Lipinski definition) is 2. The van der Waals surface area contributed by atoms with E-state index in [4.69, 9.17) is 0 Å². The third-order valence-electron chi connectivity index (χ3n) is 5.70. The topological polar surface area (TPSA) is 107 Å². The lowest BCUT2D eigenvalue weighted by molar-refractivity contribution is 0.0838. The van der Waals surface area contributed by atoms with Gasteiger partial charge in [0, 0.05) is 25.4 Å². The van der Waals surface area contributed by atoms with E-state index < -0.39 is 11.4 Å². The van der Waals surface area contributed by atoms with Gasteiger partial charge in [-0.2, -0.15) is 10.4 Å². The highest BCUT2D eigenvalue weighted by Crippen LogP contribution is 2.32. The minimum atomic E-state index is -0.771. The Hall–Kier alpha value is -3.77. The number of carbonyl (C=O) groups excluding carboxylic acids is 1. The van der Waals surface area contributed by atoms with Crippen molar-refractivity contribution in [2.75, 3.05) is 18.0 Å². The minimum absolute atomic E-state index is 0.0939. The van der Waals surface area contributed by atoms with Crippen LogP contribution in [0.3, 0.4) is 0 Å². The van der Waals surface area contributed by atoms with Gasteiger partial charge in [-0.1, -0.05) is 6.07 Å². The molecular formula is C22H19FN6O2. The normalized spacial score (nSPS) is 19.9. The van der Waals surface area contributed by atoms with E-state index in [-0.39, 0.29) is 29.3 Å². The molecule has 4 heterocycles. The highest BCUT2D eigenvalue weighted by molar-refractivity contribution is 6.01. The number of hydrogen-bond acceptors (Lipinski definition) is 6. The maximum atomic E-state index is 14.6. The van der Waals surface area contributed by atoms with Crippen molar-refractivity contribution >= 4 is 11.7 Å². The van der Waals surface area contributed by atoms with Crippen LogP contribution in [0.25, 0.3) is 16.9 Å². The van der Waals surface area contributed by atoms with Crippen molar-refractivity contribution in [3.05, 3.63) is 59.2 Å². The number of benzene rings is 1. The molecule has 2 N–H and O–H groups in total. The average molecular weight is 418 g/mol. The number of nitrogens with zero attached hydrogens (tertiary/aromatic N) is 5. The number of nitrogens with one attached hydrogen (secondary N) is 1. The zero-order valence-corrected chi connectivity index (χ0v) is 16.8. The van der Waals surface area contributed by atoms with E-state index in [2.05, 4.69) is 15.4 Å². The van der Waals surface area contributed by atoms with Gasteiger partial charge in [0.25, 0.3) is 5.91 Å². The number of aromatic nitrogens is 3. The summed E-state index contributed by atoms with van der Waals surface area (Å²) in [5.41, 5.74) is 1.06. The van der Waals surface area contributed by atoms with E-state index in [0.717, 1.165) is 0 Å². The van der Waals surface area contributed by atoms with Crippen LogP contribution >= 0.6 is 0 Å². The fraction of sp³-hybridized carbons (Fsp3) is 0.273. The molecule has 9 heteroatoms. The first kappa shape index (κ1) is 19.2. The predicted octanol–water partition coefficient (Wildman–Crippen LogP) is 2.15. The molecule has 1 saturated heterocycles. The van der Waals surface area contributed by atoms with E-state index in [1.165, 1.54) is 18.2 Å². The van der Waals surface area contributed by atoms with Crippen LogP contribution < -0.4 is 10.2 Å². The second kappa shape index (κ2) is 6.89. The van der Waals surface area contributed by atoms with Crippen molar-refractivity contribution in [3.8, 4) is 23.0 Å². The Morgan fingerprint density at radius 2 is 2.16 bits per heavy atom. The van der Waals surface area contributed by atoms with E-state index >= 15 is 0 Å². The lowest BCUT2D eigenvalue weighted by atomic mass is 10.0. The van der Waals surface area contributed by atoms with Gasteiger partial charge in [-0.3, -0.25) is 4.79 Å². The van der Waals surface area contributed by atoms with Gasteiger partial charge < -0.3 is 15.3 Å². The molecule has 8 nitrogen and oxygen atoms in total. The Kier molecular flexibility index (Phi) is 4.27. The smallest absolute Gasteiger partial charge is 0.255 e. The molecule has 0 aliphatic carbocycles. The molecule has 0 bridgehead atoms. The highest BCUT2D eigenvalue weighted by Gasteiger charge is 2.33. The van der Waals surface area contributed by atoms with Gasteiger partial charge in [-0.15, -0.1) is 0 Å². The molecule has 156 valence electrons. The van der Waals surface area contributed by atoms with Gasteiger partial charge in [0.05, 0.1) is 52.0 Å². The van der Waals surface area contributed by atoms with Crippen molar-refractivity contribution in [3.63, 3.8) is 0 Å². The van der Waals surface area contributed by atoms with Crippen LogP contribution in [0.15, 0.2) is 36.5 Å². The summed E-state index contributed by atoms with van der Waals surface area (Å²) >= 11 is 0. The lowest BCUT2D eigenvalue weighted by Crippen LogP contribution is -2.29. The molecule has 1 atom stereocenters. The third-order valence-corrected chi connectivity index (χ3v) is 5.70. The molecule has 1 amide bonds. The van der Waals surface area contributed by atoms with Gasteiger partial charge in [-0.25, -0.2) is 14.1 Å². The van der Waals surface area contributed by atoms with Gasteiger partial charge in [0.1, 0.15) is 5.82 Å². The van der Waals surface area contributed by atoms with Crippen LogP contribution in [0, 0.1) is 17.1 Å². The lowest BCUT2D eigenvalue weighted by Gasteiger charge is -2.18. The SMILES string of the molecule is C[C@]1(O)CCN(c2ccn(-c3cc(-c4c(F)cccc4C#N)nc4c3C(=O)NC4)n2)C1. The second-order valence-corrected chi connectivity index (χ2v) is 8.09. The van der Waals surface area contributed by atoms with Crippen molar-refractivity contribution in [1.82, 2.24) is 20.1 Å². The molecule has 0 radical (unpaired) electrons. The summed E-state index contributed by atoms with van der Waals surface area (Å²) in [7, 11) is 0. The summed E-state index contributed by atoms with van der Waals surface area (Å²) < 4.78 is 16.2. The number of nitriles is 1. The maximum Gasteiger partial charge on any atom is 0.255 e. The van der Waals surface area contributed by atoms with Gasteiger partial charge in [0.15, 0.2) is 5.82 Å². The van der Waals surface area contributed by atoms with Crippen molar-refractivity contribution in [1.29, 1.82) is 5.26 Å². The number of halogens is 1. The molecule has 2 aliphatic heterocycles. The van der Waals surface area contributed by atoms with E-state index in [0.29, 0.717) is 42.3 Å². The van der Waals surface area contributed by atoms with Crippen LogP contribution in [0.4, 0.5) is 10.2 Å². The monoisotopic (exact) mass is 418 g/mol. The Morgan fingerprint density at radius 1 is 1.32 bits per heavy atom. The molecule has 1 fully saturated rings. The van der Waals surface area contributed by atoms with Crippen LogP contribution in [-0.4, -0.2) is 44.5 Å². The maximum absolute atomic E-state index is 14.6. The molecule has 3 aromatic rings. The Bertz CT molecular complexity index is 1260. The van der Waals surface area contributed by atoms with Crippen LogP contribution in [0.2, 0.25) is 0 Å². The molecular weight excluding hydrogens is 399 g/mol. The summed E-state index contributed by atoms with van der Waals surface area (Å²) in [4.78, 5) is 18.9. The molecule has 2 aliphatic rings. The zero-order chi connectivity index (χ0) is 21.8. The zero-order valence-electron chi connectivity index (χ0n) is 16.8. The van der Waals surface area contributed by atoms with Gasteiger partial charge >= 0.3 is 0 Å². The summed E-state index contributed by atoms with van der Waals surface area (Å²) in [5.74, 6) is -0.165. The summed E-state index contributed by atoms with van der Waals surface area (Å²) in [6.07, 6.45) is 2.36. The molecule has 2 aromatic heterocycles. The number of amides is 1. The van der Waals surface area contributed by atoms with Crippen molar-refractivity contribution < 1.29 is 14.3 Å². The Balaban J connectivity index is 1.64. The van der Waals surface area contributed by atoms with Crippen molar-refractivity contribution in [2.45, 2.75) is 25.5 Å². The summed E-state index contributed by atoms with van der Waals surface area (Å²) in [6, 6.07) is 9.68. The van der Waals surface area contributed by atoms with E-state index in [1.54, 1.807) is 23.9 Å². The quantitative estimate of drug-likeness (QED) is 0.675. The largest absolute Gasteiger partial charge is 0.388 e. The number of pyridine rings is 1. The van der Waals surface area contributed by atoms with Crippen LogP contribution in [-0.2, 0) is 6.54 Å². The molecule has 31 heavy (non-hydrogen) atoms. The fourth-order valence-corrected chi connectivity index (χ4v) is 4.15. The molecule has 0 saturated carbocycles. The van der Waals surface area contributed by atoms with Crippen molar-refractivity contribution in [2.24, 2.45) is 0 Å². The Morgan fingerprint density at radius 3 is 2.90 bits per heavy atom. The van der Waals surface area contributed by atoms with Crippen LogP contribution in [0.1, 0.15) is 35.0 Å².